The van der Waals surface area contributed by atoms with E-state index in [9.17, 15) is 0 Å². The molecule has 0 saturated heterocycles. The minimum absolute atomic E-state index is 0.515. The number of hydrogen-bond acceptors (Lipinski definition) is 3. The Morgan fingerprint density at radius 1 is 1.35 bits per heavy atom. The van der Waals surface area contributed by atoms with E-state index >= 15 is 0 Å². The van der Waals surface area contributed by atoms with E-state index in [4.69, 9.17) is 0 Å². The monoisotopic (exact) mass is 337 g/mol. The normalized spacial score (nSPS) is 29.6. The predicted octanol–water partition coefficient (Wildman–Crippen LogP) is 4.43. The summed E-state index contributed by atoms with van der Waals surface area (Å²) in [5.41, 5.74) is 0. The Labute approximate surface area is 130 Å². The third-order valence-electron chi connectivity index (χ3n) is 5.03. The molecule has 110 valence electrons. The summed E-state index contributed by atoms with van der Waals surface area (Å²) in [5, 5.41) is 3.63. The average molecular weight is 338 g/mol. The molecule has 2 fully saturated rings. The minimum atomic E-state index is 0.515. The van der Waals surface area contributed by atoms with Crippen molar-refractivity contribution in [2.24, 2.45) is 17.8 Å². The lowest BCUT2D eigenvalue weighted by Gasteiger charge is -2.29. The SMILES string of the molecule is CCCc1nc(Br)cc(NC(C)C2CC3CCC2C3)n1. The summed E-state index contributed by atoms with van der Waals surface area (Å²) in [7, 11) is 0. The standard InChI is InChI=1S/C16H24BrN3/c1-3-4-15-19-14(17)9-16(20-15)18-10(2)13-8-11-5-6-12(13)7-11/h9-13H,3-8H2,1-2H3,(H,18,19,20). The molecule has 0 spiro atoms. The zero-order chi connectivity index (χ0) is 14.1. The number of halogens is 1. The fourth-order valence-electron chi connectivity index (χ4n) is 4.12. The third-order valence-corrected chi connectivity index (χ3v) is 5.43. The van der Waals surface area contributed by atoms with Crippen LogP contribution in [0, 0.1) is 17.8 Å². The summed E-state index contributed by atoms with van der Waals surface area (Å²) in [4.78, 5) is 9.08. The molecular formula is C16H24BrN3. The molecule has 3 nitrogen and oxygen atoms in total. The molecule has 20 heavy (non-hydrogen) atoms. The number of nitrogens with zero attached hydrogens (tertiary/aromatic N) is 2. The smallest absolute Gasteiger partial charge is 0.132 e. The van der Waals surface area contributed by atoms with Crippen molar-refractivity contribution < 1.29 is 0 Å². The van der Waals surface area contributed by atoms with Crippen LogP contribution in [0.2, 0.25) is 0 Å². The lowest BCUT2D eigenvalue weighted by molar-refractivity contribution is 0.304. The molecule has 1 N–H and O–H groups in total. The van der Waals surface area contributed by atoms with Crippen molar-refractivity contribution in [3.8, 4) is 0 Å². The first-order valence-corrected chi connectivity index (χ1v) is 8.75. The van der Waals surface area contributed by atoms with Gasteiger partial charge in [0.05, 0.1) is 0 Å². The first kappa shape index (κ1) is 14.3. The second-order valence-corrected chi connectivity index (χ2v) is 7.33. The Balaban J connectivity index is 1.67. The summed E-state index contributed by atoms with van der Waals surface area (Å²) in [6.07, 6.45) is 7.80. The molecule has 0 aliphatic heterocycles. The number of fused-ring (bicyclic) bond motifs is 2. The van der Waals surface area contributed by atoms with Gasteiger partial charge in [-0.1, -0.05) is 13.3 Å². The molecule has 2 saturated carbocycles. The average Bonchev–Trinajstić information content (AvgIpc) is 3.00. The Hall–Kier alpha value is -0.640. The molecule has 2 aliphatic carbocycles. The van der Waals surface area contributed by atoms with E-state index in [0.717, 1.165) is 46.8 Å². The molecule has 4 atom stereocenters. The van der Waals surface area contributed by atoms with Crippen LogP contribution in [0.4, 0.5) is 5.82 Å². The Kier molecular flexibility index (Phi) is 4.29. The van der Waals surface area contributed by atoms with Crippen molar-refractivity contribution in [3.63, 3.8) is 0 Å². The van der Waals surface area contributed by atoms with Crippen LogP contribution in [0.25, 0.3) is 0 Å². The second-order valence-electron chi connectivity index (χ2n) is 6.51. The van der Waals surface area contributed by atoms with Gasteiger partial charge in [-0.15, -0.1) is 0 Å². The second kappa shape index (κ2) is 6.00. The van der Waals surface area contributed by atoms with Gasteiger partial charge in [-0.3, -0.25) is 0 Å². The molecule has 0 radical (unpaired) electrons. The minimum Gasteiger partial charge on any atom is -0.367 e. The van der Waals surface area contributed by atoms with Crippen molar-refractivity contribution in [2.45, 2.75) is 58.4 Å². The molecule has 1 aromatic rings. The fraction of sp³-hybridized carbons (Fsp3) is 0.750. The Morgan fingerprint density at radius 2 is 2.20 bits per heavy atom. The summed E-state index contributed by atoms with van der Waals surface area (Å²) in [6, 6.07) is 2.52. The first-order chi connectivity index (χ1) is 9.65. The summed E-state index contributed by atoms with van der Waals surface area (Å²) >= 11 is 3.50. The van der Waals surface area contributed by atoms with Gasteiger partial charge in [0.2, 0.25) is 0 Å². The van der Waals surface area contributed by atoms with E-state index in [-0.39, 0.29) is 0 Å². The number of nitrogens with one attached hydrogen (secondary N) is 1. The van der Waals surface area contributed by atoms with Crippen molar-refractivity contribution in [2.75, 3.05) is 5.32 Å². The van der Waals surface area contributed by atoms with Gasteiger partial charge >= 0.3 is 0 Å². The number of hydrogen-bond donors (Lipinski definition) is 1. The molecule has 3 rings (SSSR count). The van der Waals surface area contributed by atoms with Crippen molar-refractivity contribution in [3.05, 3.63) is 16.5 Å². The highest BCUT2D eigenvalue weighted by Gasteiger charge is 2.41. The van der Waals surface area contributed by atoms with Crippen LogP contribution in [-0.2, 0) is 6.42 Å². The van der Waals surface area contributed by atoms with Crippen LogP contribution in [0.1, 0.15) is 51.8 Å². The van der Waals surface area contributed by atoms with Crippen LogP contribution in [-0.4, -0.2) is 16.0 Å². The van der Waals surface area contributed by atoms with E-state index in [1.54, 1.807) is 0 Å². The highest BCUT2D eigenvalue weighted by atomic mass is 79.9. The van der Waals surface area contributed by atoms with Crippen LogP contribution >= 0.6 is 15.9 Å². The van der Waals surface area contributed by atoms with Gasteiger partial charge in [-0.05, 0) is 66.3 Å². The lowest BCUT2D eigenvalue weighted by Crippen LogP contribution is -2.30. The van der Waals surface area contributed by atoms with E-state index in [0.29, 0.717) is 6.04 Å². The Morgan fingerprint density at radius 3 is 2.85 bits per heavy atom. The maximum atomic E-state index is 4.64. The number of anilines is 1. The molecule has 1 heterocycles. The van der Waals surface area contributed by atoms with E-state index in [2.05, 4.69) is 45.1 Å². The first-order valence-electron chi connectivity index (χ1n) is 7.95. The molecule has 0 aromatic carbocycles. The van der Waals surface area contributed by atoms with Gasteiger partial charge in [-0.2, -0.15) is 0 Å². The van der Waals surface area contributed by atoms with Gasteiger partial charge in [0, 0.05) is 18.5 Å². The van der Waals surface area contributed by atoms with Gasteiger partial charge < -0.3 is 5.32 Å². The van der Waals surface area contributed by atoms with Crippen LogP contribution in [0.5, 0.6) is 0 Å². The van der Waals surface area contributed by atoms with Crippen LogP contribution in [0.15, 0.2) is 10.7 Å². The lowest BCUT2D eigenvalue weighted by atomic mass is 9.84. The highest BCUT2D eigenvalue weighted by molar-refractivity contribution is 9.10. The Bertz CT molecular complexity index is 477. The molecule has 4 heteroatoms. The summed E-state index contributed by atoms with van der Waals surface area (Å²) in [5.74, 6) is 4.69. The largest absolute Gasteiger partial charge is 0.367 e. The predicted molar refractivity (Wildman–Crippen MR) is 85.7 cm³/mol. The van der Waals surface area contributed by atoms with Gasteiger partial charge in [0.25, 0.3) is 0 Å². The third kappa shape index (κ3) is 3.00. The summed E-state index contributed by atoms with van der Waals surface area (Å²) in [6.45, 7) is 4.48. The fourth-order valence-corrected chi connectivity index (χ4v) is 4.54. The highest BCUT2D eigenvalue weighted by Crippen LogP contribution is 2.49. The van der Waals surface area contributed by atoms with Crippen molar-refractivity contribution in [1.82, 2.24) is 9.97 Å². The number of aromatic nitrogens is 2. The summed E-state index contributed by atoms with van der Waals surface area (Å²) < 4.78 is 0.888. The molecule has 1 aromatic heterocycles. The zero-order valence-corrected chi connectivity index (χ0v) is 14.0. The maximum absolute atomic E-state index is 4.64. The van der Waals surface area contributed by atoms with Crippen LogP contribution in [0.3, 0.4) is 0 Å². The van der Waals surface area contributed by atoms with E-state index in [1.165, 1.54) is 25.7 Å². The molecule has 0 amide bonds. The zero-order valence-electron chi connectivity index (χ0n) is 12.4. The van der Waals surface area contributed by atoms with E-state index in [1.807, 2.05) is 6.07 Å². The maximum Gasteiger partial charge on any atom is 0.132 e. The molecule has 2 bridgehead atoms. The topological polar surface area (TPSA) is 37.8 Å². The van der Waals surface area contributed by atoms with Crippen molar-refractivity contribution in [1.29, 1.82) is 0 Å². The van der Waals surface area contributed by atoms with Gasteiger partial charge in [-0.25, -0.2) is 9.97 Å². The van der Waals surface area contributed by atoms with Gasteiger partial charge in [0.1, 0.15) is 16.2 Å². The molecule has 2 aliphatic rings. The van der Waals surface area contributed by atoms with Crippen molar-refractivity contribution >= 4 is 21.7 Å². The van der Waals surface area contributed by atoms with Gasteiger partial charge in [0.15, 0.2) is 0 Å². The number of rotatable bonds is 5. The molecular weight excluding hydrogens is 314 g/mol. The quantitative estimate of drug-likeness (QED) is 0.807. The number of aryl methyl sites for hydroxylation is 1. The van der Waals surface area contributed by atoms with E-state index < -0.39 is 0 Å². The molecule has 4 unspecified atom stereocenters. The van der Waals surface area contributed by atoms with Crippen LogP contribution < -0.4 is 5.32 Å².